The van der Waals surface area contributed by atoms with E-state index in [1.54, 1.807) is 6.07 Å². The monoisotopic (exact) mass is 350 g/mol. The first-order chi connectivity index (χ1) is 10.7. The van der Waals surface area contributed by atoms with E-state index in [9.17, 15) is 22.4 Å². The molecule has 0 atom stereocenters. The smallest absolute Gasteiger partial charge is 0.422 e. The molecule has 2 N–H and O–H groups in total. The van der Waals surface area contributed by atoms with Crippen molar-refractivity contribution < 1.29 is 27.1 Å². The second-order valence-corrected chi connectivity index (χ2v) is 4.45. The van der Waals surface area contributed by atoms with Crippen molar-refractivity contribution in [2.45, 2.75) is 6.18 Å². The van der Waals surface area contributed by atoms with Crippen molar-refractivity contribution in [3.63, 3.8) is 0 Å². The van der Waals surface area contributed by atoms with Crippen LogP contribution in [0, 0.1) is 5.82 Å². The fraction of sp³-hybridized carbons (Fsp3) is 0.143. The van der Waals surface area contributed by atoms with E-state index in [0.717, 1.165) is 0 Å². The van der Waals surface area contributed by atoms with Crippen molar-refractivity contribution in [1.82, 2.24) is 4.98 Å². The first kappa shape index (κ1) is 18.7. The minimum absolute atomic E-state index is 0.0618. The van der Waals surface area contributed by atoms with Crippen molar-refractivity contribution >= 4 is 17.5 Å². The standard InChI is InChI=1S/C7H5ClF3NO.C7H6FNO/c8-5-2-1-3-12-6(5)13-4-7(9,10)11;8-6-4-2-1-3-5(6)7(9)10/h1-3H,4H2;1-4H,(H2,9,10). The number of alkyl halides is 3. The number of hydrogen-bond acceptors (Lipinski definition) is 3. The van der Waals surface area contributed by atoms with Crippen molar-refractivity contribution in [2.75, 3.05) is 6.61 Å². The summed E-state index contributed by atoms with van der Waals surface area (Å²) in [5, 5.41) is 0.0618. The number of primary amides is 1. The summed E-state index contributed by atoms with van der Waals surface area (Å²) < 4.78 is 51.9. The lowest BCUT2D eigenvalue weighted by Gasteiger charge is -2.08. The maximum absolute atomic E-state index is 12.5. The molecule has 1 heterocycles. The van der Waals surface area contributed by atoms with Crippen molar-refractivity contribution in [2.24, 2.45) is 5.73 Å². The maximum Gasteiger partial charge on any atom is 0.422 e. The number of aromatic nitrogens is 1. The van der Waals surface area contributed by atoms with Gasteiger partial charge in [0.15, 0.2) is 6.61 Å². The van der Waals surface area contributed by atoms with Gasteiger partial charge in [-0.05, 0) is 24.3 Å². The van der Waals surface area contributed by atoms with E-state index in [1.807, 2.05) is 0 Å². The maximum atomic E-state index is 12.5. The van der Waals surface area contributed by atoms with Gasteiger partial charge in [-0.15, -0.1) is 0 Å². The Morgan fingerprint density at radius 1 is 1.22 bits per heavy atom. The second-order valence-electron chi connectivity index (χ2n) is 4.04. The molecule has 1 aromatic carbocycles. The summed E-state index contributed by atoms with van der Waals surface area (Å²) >= 11 is 5.50. The van der Waals surface area contributed by atoms with E-state index in [4.69, 9.17) is 17.3 Å². The van der Waals surface area contributed by atoms with Crippen LogP contribution in [0.4, 0.5) is 17.6 Å². The highest BCUT2D eigenvalue weighted by molar-refractivity contribution is 6.31. The lowest BCUT2D eigenvalue weighted by atomic mass is 10.2. The number of ether oxygens (including phenoxy) is 1. The molecule has 2 aromatic rings. The van der Waals surface area contributed by atoms with Crippen molar-refractivity contribution in [3.8, 4) is 5.88 Å². The molecular weight excluding hydrogens is 340 g/mol. The first-order valence-corrected chi connectivity index (χ1v) is 6.43. The molecule has 0 aliphatic carbocycles. The number of nitrogens with two attached hydrogens (primary N) is 1. The molecule has 124 valence electrons. The fourth-order valence-electron chi connectivity index (χ4n) is 1.29. The summed E-state index contributed by atoms with van der Waals surface area (Å²) in [5.41, 5.74) is 4.77. The van der Waals surface area contributed by atoms with E-state index in [0.29, 0.717) is 0 Å². The number of pyridine rings is 1. The van der Waals surface area contributed by atoms with Gasteiger partial charge >= 0.3 is 6.18 Å². The Kier molecular flexibility index (Phi) is 6.77. The number of carbonyl (C=O) groups is 1. The zero-order chi connectivity index (χ0) is 17.5. The van der Waals surface area contributed by atoms with E-state index in [2.05, 4.69) is 9.72 Å². The number of carbonyl (C=O) groups excluding carboxylic acids is 1. The van der Waals surface area contributed by atoms with Crippen LogP contribution in [0.25, 0.3) is 0 Å². The summed E-state index contributed by atoms with van der Waals surface area (Å²) in [7, 11) is 0. The third kappa shape index (κ3) is 6.96. The predicted molar refractivity (Wildman–Crippen MR) is 75.7 cm³/mol. The van der Waals surface area contributed by atoms with Crippen LogP contribution < -0.4 is 10.5 Å². The zero-order valence-electron chi connectivity index (χ0n) is 11.5. The quantitative estimate of drug-likeness (QED) is 0.860. The third-order valence-corrected chi connectivity index (χ3v) is 2.52. The van der Waals surface area contributed by atoms with Crippen LogP contribution in [0.15, 0.2) is 42.6 Å². The number of rotatable bonds is 3. The van der Waals surface area contributed by atoms with Crippen LogP contribution >= 0.6 is 11.6 Å². The van der Waals surface area contributed by atoms with Crippen LogP contribution in [0.3, 0.4) is 0 Å². The summed E-state index contributed by atoms with van der Waals surface area (Å²) in [4.78, 5) is 13.9. The molecular formula is C14H11ClF4N2O2. The van der Waals surface area contributed by atoms with Gasteiger partial charge in [-0.25, -0.2) is 9.37 Å². The predicted octanol–water partition coefficient (Wildman–Crippen LogP) is 3.60. The molecule has 1 amide bonds. The van der Waals surface area contributed by atoms with Crippen LogP contribution in [0.1, 0.15) is 10.4 Å². The summed E-state index contributed by atoms with van der Waals surface area (Å²) in [5.74, 6) is -1.52. The highest BCUT2D eigenvalue weighted by Crippen LogP contribution is 2.23. The Balaban J connectivity index is 0.000000238. The fourth-order valence-corrected chi connectivity index (χ4v) is 1.46. The van der Waals surface area contributed by atoms with Gasteiger partial charge in [-0.3, -0.25) is 4.79 Å². The number of amides is 1. The topological polar surface area (TPSA) is 65.2 Å². The van der Waals surface area contributed by atoms with Gasteiger partial charge in [-0.1, -0.05) is 23.7 Å². The lowest BCUT2D eigenvalue weighted by molar-refractivity contribution is -0.154. The average molecular weight is 351 g/mol. The minimum Gasteiger partial charge on any atom is -0.467 e. The molecule has 9 heteroatoms. The molecule has 23 heavy (non-hydrogen) atoms. The van der Waals surface area contributed by atoms with Gasteiger partial charge in [0.25, 0.3) is 5.91 Å². The van der Waals surface area contributed by atoms with Gasteiger partial charge in [0.2, 0.25) is 5.88 Å². The Labute approximate surface area is 133 Å². The average Bonchev–Trinajstić information content (AvgIpc) is 2.46. The van der Waals surface area contributed by atoms with Crippen molar-refractivity contribution in [3.05, 3.63) is 59.0 Å². The molecule has 0 bridgehead atoms. The minimum atomic E-state index is -4.37. The van der Waals surface area contributed by atoms with Gasteiger partial charge in [0.1, 0.15) is 10.8 Å². The highest BCUT2D eigenvalue weighted by Gasteiger charge is 2.28. The van der Waals surface area contributed by atoms with E-state index < -0.39 is 24.5 Å². The number of hydrogen-bond donors (Lipinski definition) is 1. The molecule has 4 nitrogen and oxygen atoms in total. The van der Waals surface area contributed by atoms with Crippen LogP contribution in [-0.2, 0) is 0 Å². The van der Waals surface area contributed by atoms with Gasteiger partial charge in [0.05, 0.1) is 5.56 Å². The molecule has 0 radical (unpaired) electrons. The largest absolute Gasteiger partial charge is 0.467 e. The molecule has 0 aliphatic heterocycles. The van der Waals surface area contributed by atoms with Crippen molar-refractivity contribution in [1.29, 1.82) is 0 Å². The number of benzene rings is 1. The Hall–Kier alpha value is -2.35. The van der Waals surface area contributed by atoms with Crippen LogP contribution in [-0.4, -0.2) is 23.7 Å². The van der Waals surface area contributed by atoms with E-state index >= 15 is 0 Å². The number of halogens is 5. The number of nitrogens with zero attached hydrogens (tertiary/aromatic N) is 1. The molecule has 0 spiro atoms. The third-order valence-electron chi connectivity index (χ3n) is 2.24. The SMILES string of the molecule is FC(F)(F)COc1ncccc1Cl.NC(=O)c1ccccc1F. The molecule has 2 rings (SSSR count). The van der Waals surface area contributed by atoms with Gasteiger partial charge in [0, 0.05) is 6.20 Å². The molecule has 0 aliphatic rings. The van der Waals surface area contributed by atoms with Gasteiger partial charge in [-0.2, -0.15) is 13.2 Å². The van der Waals surface area contributed by atoms with Crippen LogP contribution in [0.2, 0.25) is 5.02 Å². The van der Waals surface area contributed by atoms with Gasteiger partial charge < -0.3 is 10.5 Å². The zero-order valence-corrected chi connectivity index (χ0v) is 12.2. The molecule has 0 fully saturated rings. The van der Waals surface area contributed by atoms with E-state index in [-0.39, 0.29) is 16.5 Å². The molecule has 0 saturated heterocycles. The Bertz CT molecular complexity index is 665. The molecule has 0 unspecified atom stereocenters. The normalized spacial score (nSPS) is 10.5. The molecule has 0 saturated carbocycles. The highest BCUT2D eigenvalue weighted by atomic mass is 35.5. The summed E-state index contributed by atoms with van der Waals surface area (Å²) in [6, 6.07) is 8.51. The summed E-state index contributed by atoms with van der Waals surface area (Å²) in [6.07, 6.45) is -3.07. The lowest BCUT2D eigenvalue weighted by Crippen LogP contribution is -2.19. The Morgan fingerprint density at radius 2 is 1.87 bits per heavy atom. The Morgan fingerprint density at radius 3 is 2.35 bits per heavy atom. The second kappa shape index (κ2) is 8.33. The van der Waals surface area contributed by atoms with Crippen LogP contribution in [0.5, 0.6) is 5.88 Å². The summed E-state index contributed by atoms with van der Waals surface area (Å²) in [6.45, 7) is -1.39. The van der Waals surface area contributed by atoms with E-state index in [1.165, 1.54) is 36.5 Å². The first-order valence-electron chi connectivity index (χ1n) is 6.05. The molecule has 1 aromatic heterocycles.